The van der Waals surface area contributed by atoms with Gasteiger partial charge in [-0.25, -0.2) is 4.57 Å². The number of unbranched alkanes of at least 4 members (excludes halogenated alkanes) is 34. The van der Waals surface area contributed by atoms with Crippen molar-refractivity contribution in [2.24, 2.45) is 0 Å². The first-order chi connectivity index (χ1) is 41.4. The highest BCUT2D eigenvalue weighted by molar-refractivity contribution is 7.47. The van der Waals surface area contributed by atoms with Crippen molar-refractivity contribution >= 4 is 19.7 Å². The first-order valence-electron chi connectivity index (χ1n) is 35.6. The van der Waals surface area contributed by atoms with Crippen LogP contribution in [0.5, 0.6) is 0 Å². The van der Waals surface area contributed by atoms with Crippen molar-refractivity contribution in [3.63, 3.8) is 0 Å². The van der Waals surface area contributed by atoms with E-state index < -0.39 is 20.0 Å². The molecule has 0 rings (SSSR count). The average Bonchev–Trinajstić information content (AvgIpc) is 3.62. The molecule has 0 spiro atoms. The summed E-state index contributed by atoms with van der Waals surface area (Å²) in [6.45, 7) is 6.96. The van der Waals surface area contributed by atoms with E-state index in [1.165, 1.54) is 180 Å². The summed E-state index contributed by atoms with van der Waals surface area (Å²) in [5.41, 5.74) is 0. The first-order valence-corrected chi connectivity index (χ1v) is 37.1. The van der Waals surface area contributed by atoms with Crippen LogP contribution < -0.4 is 5.32 Å². The number of likely N-dealkylation sites (N-methyl/N-ethyl adjacent to an activating group) is 1. The van der Waals surface area contributed by atoms with Crippen molar-refractivity contribution in [2.75, 3.05) is 40.9 Å². The van der Waals surface area contributed by atoms with E-state index in [2.05, 4.69) is 111 Å². The van der Waals surface area contributed by atoms with Crippen LogP contribution in [0.15, 0.2) is 97.2 Å². The molecule has 1 amide bonds. The Morgan fingerprint density at radius 2 is 0.718 bits per heavy atom. The van der Waals surface area contributed by atoms with Crippen LogP contribution in [0.2, 0.25) is 0 Å². The fraction of sp³-hybridized carbons (Fsp3) is 0.760. The number of allylic oxidation sites excluding steroid dienone is 15. The Morgan fingerprint density at radius 3 is 1.09 bits per heavy atom. The van der Waals surface area contributed by atoms with Crippen LogP contribution in [0.25, 0.3) is 0 Å². The number of esters is 1. The predicted octanol–water partition coefficient (Wildman–Crippen LogP) is 22.7. The number of nitrogens with zero attached hydrogens (tertiary/aromatic N) is 1. The molecule has 3 atom stereocenters. The van der Waals surface area contributed by atoms with E-state index in [1.54, 1.807) is 0 Å². The molecular weight excluding hydrogens is 1070 g/mol. The molecule has 0 aromatic carbocycles. The van der Waals surface area contributed by atoms with E-state index >= 15 is 0 Å². The Balaban J connectivity index is 5.06. The second-order valence-electron chi connectivity index (χ2n) is 25.0. The molecule has 0 aliphatic carbocycles. The van der Waals surface area contributed by atoms with Gasteiger partial charge >= 0.3 is 13.8 Å². The number of hydrogen-bond acceptors (Lipinski definition) is 6. The normalized spacial score (nSPS) is 14.1. The maximum atomic E-state index is 13.6. The lowest BCUT2D eigenvalue weighted by Gasteiger charge is -2.27. The standard InChI is InChI=1S/C75H135N2O7P/c1-7-10-13-16-19-22-25-27-29-31-33-35-37-38-40-41-43-45-47-49-52-55-58-61-64-67-74(78)76-72(71-83-85(80,81)82-70-69-77(4,5)6)73(66-63-60-57-54-51-24-21-18-15-12-9-3)84-75(79)68-65-62-59-56-53-50-48-46-44-42-39-36-34-32-30-28-26-23-20-17-14-11-8-2/h19-20,22-23,27-30,33-36,42,44,63,66,72-73H,7-18,21,24-26,31-32,37-41,43,45-62,64-65,67-71H2,1-6H3,(H-,76,78,80,81)/p+1/b22-19-,23-20-,29-27-,30-28-,35-33-,36-34-,44-42-,66-63+. The van der Waals surface area contributed by atoms with Gasteiger partial charge in [0.2, 0.25) is 5.91 Å². The highest BCUT2D eigenvalue weighted by atomic mass is 31.2. The van der Waals surface area contributed by atoms with Crippen molar-refractivity contribution in [2.45, 2.75) is 328 Å². The van der Waals surface area contributed by atoms with E-state index in [0.29, 0.717) is 17.4 Å². The molecule has 2 N–H and O–H groups in total. The second-order valence-corrected chi connectivity index (χ2v) is 26.5. The van der Waals surface area contributed by atoms with Gasteiger partial charge in [-0.05, 0) is 115 Å². The van der Waals surface area contributed by atoms with Crippen molar-refractivity contribution in [3.05, 3.63) is 97.2 Å². The van der Waals surface area contributed by atoms with Gasteiger partial charge in [-0.15, -0.1) is 0 Å². The number of ether oxygens (including phenoxy) is 1. The zero-order chi connectivity index (χ0) is 62.1. The third-order valence-electron chi connectivity index (χ3n) is 15.5. The van der Waals surface area contributed by atoms with Crippen molar-refractivity contribution in [3.8, 4) is 0 Å². The topological polar surface area (TPSA) is 111 Å². The predicted molar refractivity (Wildman–Crippen MR) is 369 cm³/mol. The smallest absolute Gasteiger partial charge is 0.456 e. The highest BCUT2D eigenvalue weighted by Gasteiger charge is 2.30. The molecule has 492 valence electrons. The number of carbonyl (C=O) groups excluding carboxylic acids is 2. The quantitative estimate of drug-likeness (QED) is 0.0205. The third-order valence-corrected chi connectivity index (χ3v) is 16.5. The molecule has 0 heterocycles. The number of hydrogen-bond donors (Lipinski definition) is 2. The summed E-state index contributed by atoms with van der Waals surface area (Å²) >= 11 is 0. The molecule has 9 nitrogen and oxygen atoms in total. The largest absolute Gasteiger partial charge is 0.472 e. The zero-order valence-corrected chi connectivity index (χ0v) is 57.2. The van der Waals surface area contributed by atoms with Gasteiger partial charge < -0.3 is 19.4 Å². The van der Waals surface area contributed by atoms with Gasteiger partial charge in [0.1, 0.15) is 19.3 Å². The summed E-state index contributed by atoms with van der Waals surface area (Å²) in [5.74, 6) is -0.517. The monoisotopic (exact) mass is 1210 g/mol. The molecule has 0 aromatic rings. The van der Waals surface area contributed by atoms with Crippen LogP contribution >= 0.6 is 7.82 Å². The minimum atomic E-state index is -4.46. The van der Waals surface area contributed by atoms with Crippen LogP contribution in [0.3, 0.4) is 0 Å². The van der Waals surface area contributed by atoms with E-state index in [-0.39, 0.29) is 31.5 Å². The molecule has 0 saturated heterocycles. The van der Waals surface area contributed by atoms with Crippen LogP contribution in [0, 0.1) is 0 Å². The van der Waals surface area contributed by atoms with Crippen molar-refractivity contribution in [1.82, 2.24) is 5.32 Å². The van der Waals surface area contributed by atoms with E-state index in [4.69, 9.17) is 13.8 Å². The van der Waals surface area contributed by atoms with Gasteiger partial charge in [0.05, 0.1) is 33.8 Å². The van der Waals surface area contributed by atoms with Crippen molar-refractivity contribution < 1.29 is 37.3 Å². The minimum absolute atomic E-state index is 0.0344. The van der Waals surface area contributed by atoms with Gasteiger partial charge in [0, 0.05) is 12.8 Å². The molecule has 0 bridgehead atoms. The number of nitrogens with one attached hydrogen (secondary N) is 1. The maximum absolute atomic E-state index is 13.6. The number of quaternary nitrogens is 1. The number of rotatable bonds is 64. The summed E-state index contributed by atoms with van der Waals surface area (Å²) in [5, 5.41) is 3.07. The maximum Gasteiger partial charge on any atom is 0.472 e. The van der Waals surface area contributed by atoms with E-state index in [1.807, 2.05) is 33.3 Å². The zero-order valence-electron chi connectivity index (χ0n) is 56.3. The summed E-state index contributed by atoms with van der Waals surface area (Å²) in [6, 6.07) is -0.860. The summed E-state index contributed by atoms with van der Waals surface area (Å²) in [7, 11) is 1.48. The van der Waals surface area contributed by atoms with Crippen LogP contribution in [-0.2, 0) is 27.9 Å². The molecule has 0 radical (unpaired) electrons. The Hall–Kier alpha value is -3.07. The molecule has 10 heteroatoms. The fourth-order valence-corrected chi connectivity index (χ4v) is 10.7. The van der Waals surface area contributed by atoms with Gasteiger partial charge in [-0.3, -0.25) is 18.6 Å². The van der Waals surface area contributed by atoms with Gasteiger partial charge in [-0.1, -0.05) is 285 Å². The minimum Gasteiger partial charge on any atom is -0.456 e. The molecule has 0 aliphatic rings. The lowest BCUT2D eigenvalue weighted by molar-refractivity contribution is -0.870. The average molecular weight is 1210 g/mol. The van der Waals surface area contributed by atoms with Gasteiger partial charge in [-0.2, -0.15) is 0 Å². The van der Waals surface area contributed by atoms with Gasteiger partial charge in [0.15, 0.2) is 0 Å². The number of phosphoric ester groups is 1. The Kier molecular flexibility index (Phi) is 61.6. The lowest BCUT2D eigenvalue weighted by Crippen LogP contribution is -2.47. The number of phosphoric acid groups is 1. The fourth-order valence-electron chi connectivity index (χ4n) is 9.99. The molecule has 0 saturated carbocycles. The molecule has 0 fully saturated rings. The summed E-state index contributed by atoms with van der Waals surface area (Å²) in [6.07, 6.45) is 87.0. The van der Waals surface area contributed by atoms with Crippen molar-refractivity contribution in [1.29, 1.82) is 0 Å². The number of amides is 1. The Morgan fingerprint density at radius 1 is 0.412 bits per heavy atom. The lowest BCUT2D eigenvalue weighted by atomic mass is 10.0. The second kappa shape index (κ2) is 63.9. The first kappa shape index (κ1) is 81.9. The van der Waals surface area contributed by atoms with Crippen LogP contribution in [0.4, 0.5) is 0 Å². The SMILES string of the molecule is CCCCC/C=C\C/C=C\C/C=C\C/C=C\CCCCCCCCCC(=O)OC(/C=C/CCCCCCCCCCC)C(COP(=O)(O)OCC[N+](C)(C)C)NC(=O)CCCCCCCCCCCCCC/C=C\C/C=C\C/C=C\CCCCC. The Labute approximate surface area is 526 Å². The molecular formula is C75H136N2O7P+. The molecule has 0 aliphatic heterocycles. The van der Waals surface area contributed by atoms with Crippen LogP contribution in [-0.4, -0.2) is 74.3 Å². The van der Waals surface area contributed by atoms with Gasteiger partial charge in [0.25, 0.3) is 0 Å². The summed E-state index contributed by atoms with van der Waals surface area (Å²) < 4.78 is 30.8. The Bertz CT molecular complexity index is 1780. The highest BCUT2D eigenvalue weighted by Crippen LogP contribution is 2.43. The molecule has 85 heavy (non-hydrogen) atoms. The van der Waals surface area contributed by atoms with E-state index in [0.717, 1.165) is 103 Å². The summed E-state index contributed by atoms with van der Waals surface area (Å²) in [4.78, 5) is 37.9. The third kappa shape index (κ3) is 65.2. The van der Waals surface area contributed by atoms with Crippen LogP contribution in [0.1, 0.15) is 316 Å². The molecule has 3 unspecified atom stereocenters. The molecule has 0 aromatic heterocycles. The number of carbonyl (C=O) groups is 2. The van der Waals surface area contributed by atoms with E-state index in [9.17, 15) is 19.0 Å².